The molecule has 1 N–H and O–H groups in total. The van der Waals surface area contributed by atoms with Crippen LogP contribution in [-0.2, 0) is 16.1 Å². The smallest absolute Gasteiger partial charge is 0.286 e. The third-order valence-corrected chi connectivity index (χ3v) is 6.37. The van der Waals surface area contributed by atoms with Crippen LogP contribution in [0.25, 0.3) is 11.1 Å². The molecule has 1 aliphatic heterocycles. The number of hydrogen-bond acceptors (Lipinski definition) is 6. The lowest BCUT2D eigenvalue weighted by molar-refractivity contribution is -0.118. The van der Waals surface area contributed by atoms with E-state index in [0.717, 1.165) is 35.0 Å². The van der Waals surface area contributed by atoms with Crippen molar-refractivity contribution < 1.29 is 19.2 Å². The van der Waals surface area contributed by atoms with Crippen molar-refractivity contribution in [1.82, 2.24) is 5.32 Å². The minimum absolute atomic E-state index is 0.230. The maximum absolute atomic E-state index is 11.7. The average Bonchev–Trinajstić information content (AvgIpc) is 3.19. The number of carbonyl (C=O) groups is 2. The van der Waals surface area contributed by atoms with Crippen LogP contribution in [0.3, 0.4) is 0 Å². The summed E-state index contributed by atoms with van der Waals surface area (Å²) in [5.41, 5.74) is 5.24. The summed E-state index contributed by atoms with van der Waals surface area (Å²) in [7, 11) is 0. The van der Waals surface area contributed by atoms with Crippen molar-refractivity contribution in [3.63, 3.8) is 0 Å². The molecule has 1 fully saturated rings. The second-order valence-electron chi connectivity index (χ2n) is 7.75. The highest BCUT2D eigenvalue weighted by atomic mass is 32.2. The minimum Gasteiger partial charge on any atom is -0.490 e. The Labute approximate surface area is 203 Å². The number of ether oxygens (including phenoxy) is 1. The van der Waals surface area contributed by atoms with E-state index >= 15 is 0 Å². The molecule has 6 nitrogen and oxygen atoms in total. The summed E-state index contributed by atoms with van der Waals surface area (Å²) in [5.74, 6) is 0.481. The second kappa shape index (κ2) is 11.5. The lowest BCUT2D eigenvalue weighted by Gasteiger charge is -2.09. The van der Waals surface area contributed by atoms with Gasteiger partial charge in [0.2, 0.25) is 5.91 Å². The molecule has 0 saturated carbocycles. The first-order valence-corrected chi connectivity index (χ1v) is 12.1. The summed E-state index contributed by atoms with van der Waals surface area (Å²) in [4.78, 5) is 28.5. The third kappa shape index (κ3) is 6.26. The highest BCUT2D eigenvalue weighted by Gasteiger charge is 2.31. The molecule has 7 heteroatoms. The zero-order valence-corrected chi connectivity index (χ0v) is 19.7. The number of thioether (sulfide) groups is 1. The molecule has 2 amide bonds. The van der Waals surface area contributed by atoms with Gasteiger partial charge < -0.3 is 9.57 Å². The second-order valence-corrected chi connectivity index (χ2v) is 8.92. The van der Waals surface area contributed by atoms with Crippen molar-refractivity contribution in [1.29, 1.82) is 0 Å². The van der Waals surface area contributed by atoms with Crippen LogP contribution in [0.4, 0.5) is 4.79 Å². The van der Waals surface area contributed by atoms with Gasteiger partial charge in [-0.1, -0.05) is 90.6 Å². The Morgan fingerprint density at radius 1 is 0.912 bits per heavy atom. The molecule has 3 aromatic rings. The Balaban J connectivity index is 1.23. The monoisotopic (exact) mass is 474 g/mol. The van der Waals surface area contributed by atoms with Crippen LogP contribution in [0, 0.1) is 0 Å². The number of rotatable bonds is 10. The molecule has 1 aliphatic rings. The average molecular weight is 475 g/mol. The van der Waals surface area contributed by atoms with Crippen LogP contribution in [-0.4, -0.2) is 35.3 Å². The predicted octanol–water partition coefficient (Wildman–Crippen LogP) is 5.46. The van der Waals surface area contributed by atoms with E-state index in [0.29, 0.717) is 25.4 Å². The lowest BCUT2D eigenvalue weighted by Crippen LogP contribution is -2.25. The molecule has 3 aromatic carbocycles. The quantitative estimate of drug-likeness (QED) is 0.240. The number of imide groups is 1. The fourth-order valence-electron chi connectivity index (χ4n) is 3.59. The summed E-state index contributed by atoms with van der Waals surface area (Å²) in [6.07, 6.45) is 1.27. The van der Waals surface area contributed by atoms with Gasteiger partial charge in [0.05, 0.1) is 11.0 Å². The highest BCUT2D eigenvalue weighted by Crippen LogP contribution is 2.24. The van der Waals surface area contributed by atoms with Crippen molar-refractivity contribution in [2.45, 2.75) is 25.0 Å². The van der Waals surface area contributed by atoms with Gasteiger partial charge in [-0.2, -0.15) is 0 Å². The Bertz CT molecular complexity index is 1150. The van der Waals surface area contributed by atoms with E-state index in [1.807, 2.05) is 42.5 Å². The van der Waals surface area contributed by atoms with Crippen molar-refractivity contribution >= 4 is 28.6 Å². The molecule has 0 aromatic heterocycles. The molecular formula is C27H26N2O4S. The van der Waals surface area contributed by atoms with E-state index in [2.05, 4.69) is 53.8 Å². The molecule has 0 spiro atoms. The normalized spacial score (nSPS) is 15.8. The highest BCUT2D eigenvalue weighted by molar-refractivity contribution is 8.15. The maximum atomic E-state index is 11.7. The van der Waals surface area contributed by atoms with E-state index in [1.165, 1.54) is 11.1 Å². The molecule has 1 heterocycles. The van der Waals surface area contributed by atoms with Gasteiger partial charge in [0, 0.05) is 0 Å². The first-order chi connectivity index (χ1) is 16.6. The number of nitrogens with zero attached hydrogens (tertiary/aromatic N) is 1. The molecule has 4 rings (SSSR count). The predicted molar refractivity (Wildman–Crippen MR) is 135 cm³/mol. The van der Waals surface area contributed by atoms with Gasteiger partial charge in [0.1, 0.15) is 12.4 Å². The molecule has 1 atom stereocenters. The zero-order chi connectivity index (χ0) is 23.8. The van der Waals surface area contributed by atoms with Gasteiger partial charge in [-0.3, -0.25) is 14.9 Å². The number of nitrogens with one attached hydrogen (secondary N) is 1. The number of oxime groups is 1. The minimum atomic E-state index is -0.368. The van der Waals surface area contributed by atoms with Crippen molar-refractivity contribution in [3.05, 3.63) is 90.0 Å². The molecule has 0 bridgehead atoms. The first kappa shape index (κ1) is 23.6. The van der Waals surface area contributed by atoms with Gasteiger partial charge in [-0.15, -0.1) is 0 Å². The molecular weight excluding hydrogens is 448 g/mol. The molecule has 0 radical (unpaired) electrons. The zero-order valence-electron chi connectivity index (χ0n) is 18.9. The van der Waals surface area contributed by atoms with E-state index in [1.54, 1.807) is 0 Å². The van der Waals surface area contributed by atoms with E-state index in [-0.39, 0.29) is 16.4 Å². The lowest BCUT2D eigenvalue weighted by atomic mass is 10.0. The Morgan fingerprint density at radius 3 is 2.26 bits per heavy atom. The van der Waals surface area contributed by atoms with Crippen LogP contribution in [0.15, 0.2) is 84.0 Å². The van der Waals surface area contributed by atoms with Gasteiger partial charge in [0.15, 0.2) is 6.61 Å². The van der Waals surface area contributed by atoms with Crippen molar-refractivity contribution in [2.75, 3.05) is 13.2 Å². The summed E-state index contributed by atoms with van der Waals surface area (Å²) in [6.45, 7) is 2.74. The van der Waals surface area contributed by atoms with Crippen molar-refractivity contribution in [3.8, 4) is 16.9 Å². The summed E-state index contributed by atoms with van der Waals surface area (Å²) in [6, 6.07) is 26.1. The fraction of sp³-hybridized carbons (Fsp3) is 0.222. The van der Waals surface area contributed by atoms with Gasteiger partial charge in [-0.05, 0) is 47.2 Å². The van der Waals surface area contributed by atoms with Crippen LogP contribution < -0.4 is 10.1 Å². The Hall–Kier alpha value is -3.58. The van der Waals surface area contributed by atoms with E-state index in [9.17, 15) is 9.59 Å². The fourth-order valence-corrected chi connectivity index (χ4v) is 4.45. The number of benzene rings is 3. The van der Waals surface area contributed by atoms with Crippen LogP contribution >= 0.6 is 11.8 Å². The summed E-state index contributed by atoms with van der Waals surface area (Å²) in [5, 5.41) is 5.95. The number of amides is 2. The van der Waals surface area contributed by atoms with Gasteiger partial charge in [-0.25, -0.2) is 0 Å². The molecule has 1 unspecified atom stereocenters. The summed E-state index contributed by atoms with van der Waals surface area (Å²) >= 11 is 1.03. The van der Waals surface area contributed by atoms with E-state index in [4.69, 9.17) is 9.57 Å². The van der Waals surface area contributed by atoms with Gasteiger partial charge in [0.25, 0.3) is 5.24 Å². The van der Waals surface area contributed by atoms with Crippen LogP contribution in [0.1, 0.15) is 24.5 Å². The topological polar surface area (TPSA) is 77.0 Å². The SMILES string of the molecule is CCC(=NOCCOc1ccc(CC2SC(=O)NC2=O)cc1)c1ccc(-c2ccccc2)cc1. The summed E-state index contributed by atoms with van der Waals surface area (Å²) < 4.78 is 5.72. The van der Waals surface area contributed by atoms with Crippen LogP contribution in [0.2, 0.25) is 0 Å². The van der Waals surface area contributed by atoms with Gasteiger partial charge >= 0.3 is 0 Å². The molecule has 174 valence electrons. The first-order valence-electron chi connectivity index (χ1n) is 11.2. The largest absolute Gasteiger partial charge is 0.490 e. The van der Waals surface area contributed by atoms with E-state index < -0.39 is 0 Å². The molecule has 1 saturated heterocycles. The Morgan fingerprint density at radius 2 is 1.62 bits per heavy atom. The molecule has 0 aliphatic carbocycles. The maximum Gasteiger partial charge on any atom is 0.286 e. The number of carbonyl (C=O) groups excluding carboxylic acids is 2. The van der Waals surface area contributed by atoms with Crippen LogP contribution in [0.5, 0.6) is 5.75 Å². The molecule has 34 heavy (non-hydrogen) atoms. The van der Waals surface area contributed by atoms with Crippen molar-refractivity contribution in [2.24, 2.45) is 5.16 Å². The standard InChI is InChI=1S/C27H26N2O4S/c1-2-24(22-12-10-21(11-13-22)20-6-4-3-5-7-20)29-33-17-16-32-23-14-8-19(9-15-23)18-25-26(30)28-27(31)34-25/h3-15,25H,2,16-18H2,1H3,(H,28,30,31). The Kier molecular flexibility index (Phi) is 7.99. The number of hydrogen-bond donors (Lipinski definition) is 1. The third-order valence-electron chi connectivity index (χ3n) is 5.39.